The first kappa shape index (κ1) is 17.2. The van der Waals surface area contributed by atoms with Crippen molar-refractivity contribution in [1.29, 1.82) is 0 Å². The largest absolute Gasteiger partial charge is 0.391 e. The molecule has 0 fully saturated rings. The Balaban J connectivity index is 2.22. The Morgan fingerprint density at radius 1 is 1.43 bits per heavy atom. The summed E-state index contributed by atoms with van der Waals surface area (Å²) in [5, 5.41) is 15.6. The van der Waals surface area contributed by atoms with Crippen molar-refractivity contribution in [1.82, 2.24) is 20.1 Å². The molecule has 2 aromatic heterocycles. The van der Waals surface area contributed by atoms with Crippen LogP contribution in [0.3, 0.4) is 0 Å². The Morgan fingerprint density at radius 2 is 2.13 bits per heavy atom. The molecule has 0 spiro atoms. The number of hydrogen-bond acceptors (Lipinski definition) is 4. The zero-order valence-electron chi connectivity index (χ0n) is 14.1. The lowest BCUT2D eigenvalue weighted by atomic mass is 10.0. The fourth-order valence-corrected chi connectivity index (χ4v) is 2.80. The first-order valence-corrected chi connectivity index (χ1v) is 7.84. The van der Waals surface area contributed by atoms with Gasteiger partial charge in [-0.1, -0.05) is 13.3 Å². The van der Waals surface area contributed by atoms with Crippen LogP contribution in [0.1, 0.15) is 36.6 Å². The van der Waals surface area contributed by atoms with Gasteiger partial charge in [0, 0.05) is 19.3 Å². The monoisotopic (exact) mass is 320 g/mol. The molecule has 7 heteroatoms. The zero-order valence-corrected chi connectivity index (χ0v) is 14.1. The third-order valence-electron chi connectivity index (χ3n) is 4.07. The van der Waals surface area contributed by atoms with Crippen LogP contribution in [0.15, 0.2) is 4.79 Å². The van der Waals surface area contributed by atoms with E-state index in [0.717, 1.165) is 23.2 Å². The second-order valence-corrected chi connectivity index (χ2v) is 5.92. The van der Waals surface area contributed by atoms with Gasteiger partial charge >= 0.3 is 0 Å². The van der Waals surface area contributed by atoms with Crippen molar-refractivity contribution in [3.05, 3.63) is 27.2 Å². The van der Waals surface area contributed by atoms with Crippen molar-refractivity contribution in [2.45, 2.75) is 46.1 Å². The SMILES string of the molecule is CCCC(O)CNC(=O)Cc1c(C)nc2c(c1C)c(=O)[nH]n2C. The third-order valence-corrected chi connectivity index (χ3v) is 4.07. The molecule has 1 atom stereocenters. The molecular weight excluding hydrogens is 296 g/mol. The van der Waals surface area contributed by atoms with E-state index in [-0.39, 0.29) is 24.4 Å². The summed E-state index contributed by atoms with van der Waals surface area (Å²) in [6, 6.07) is 0. The summed E-state index contributed by atoms with van der Waals surface area (Å²) < 4.78 is 1.59. The molecule has 0 radical (unpaired) electrons. The minimum Gasteiger partial charge on any atom is -0.391 e. The summed E-state index contributed by atoms with van der Waals surface area (Å²) in [6.07, 6.45) is 1.15. The highest BCUT2D eigenvalue weighted by atomic mass is 16.3. The van der Waals surface area contributed by atoms with E-state index in [0.29, 0.717) is 17.5 Å². The van der Waals surface area contributed by atoms with Gasteiger partial charge in [-0.15, -0.1) is 0 Å². The number of pyridine rings is 1. The minimum atomic E-state index is -0.524. The number of aliphatic hydroxyl groups is 1. The third kappa shape index (κ3) is 3.61. The molecule has 0 aromatic carbocycles. The number of amides is 1. The van der Waals surface area contributed by atoms with E-state index < -0.39 is 6.10 Å². The number of aromatic amines is 1. The molecule has 0 saturated carbocycles. The number of carbonyl (C=O) groups excluding carboxylic acids is 1. The summed E-state index contributed by atoms with van der Waals surface area (Å²) in [4.78, 5) is 28.6. The Morgan fingerprint density at radius 3 is 2.78 bits per heavy atom. The van der Waals surface area contributed by atoms with Gasteiger partial charge in [-0.2, -0.15) is 0 Å². The van der Waals surface area contributed by atoms with Crippen molar-refractivity contribution in [2.24, 2.45) is 7.05 Å². The Labute approximate surface area is 134 Å². The molecular formula is C16H24N4O3. The predicted molar refractivity (Wildman–Crippen MR) is 88.4 cm³/mol. The number of fused-ring (bicyclic) bond motifs is 1. The van der Waals surface area contributed by atoms with Crippen LogP contribution in [0.2, 0.25) is 0 Å². The molecule has 0 aliphatic heterocycles. The maximum Gasteiger partial charge on any atom is 0.273 e. The topological polar surface area (TPSA) is 100 Å². The van der Waals surface area contributed by atoms with Crippen LogP contribution in [0.4, 0.5) is 0 Å². The second kappa shape index (κ2) is 6.95. The summed E-state index contributed by atoms with van der Waals surface area (Å²) >= 11 is 0. The zero-order chi connectivity index (χ0) is 17.1. The fraction of sp³-hybridized carbons (Fsp3) is 0.562. The molecule has 0 aliphatic carbocycles. The van der Waals surface area contributed by atoms with E-state index >= 15 is 0 Å². The van der Waals surface area contributed by atoms with Gasteiger partial charge in [-0.05, 0) is 31.4 Å². The molecule has 7 nitrogen and oxygen atoms in total. The van der Waals surface area contributed by atoms with Crippen LogP contribution in [0.25, 0.3) is 11.0 Å². The van der Waals surface area contributed by atoms with Gasteiger partial charge in [-0.3, -0.25) is 19.4 Å². The number of aromatic nitrogens is 3. The van der Waals surface area contributed by atoms with Crippen molar-refractivity contribution in [3.8, 4) is 0 Å². The van der Waals surface area contributed by atoms with Crippen LogP contribution in [-0.2, 0) is 18.3 Å². The number of nitrogens with one attached hydrogen (secondary N) is 2. The molecule has 0 saturated heterocycles. The van der Waals surface area contributed by atoms with Crippen LogP contribution >= 0.6 is 0 Å². The first-order chi connectivity index (χ1) is 10.8. The lowest BCUT2D eigenvalue weighted by Crippen LogP contribution is -2.33. The van der Waals surface area contributed by atoms with Gasteiger partial charge in [0.1, 0.15) is 0 Å². The van der Waals surface area contributed by atoms with Crippen LogP contribution < -0.4 is 10.9 Å². The summed E-state index contributed by atoms with van der Waals surface area (Å²) in [7, 11) is 1.73. The van der Waals surface area contributed by atoms with Gasteiger partial charge < -0.3 is 10.4 Å². The molecule has 3 N–H and O–H groups in total. The minimum absolute atomic E-state index is 0.147. The van der Waals surface area contributed by atoms with Crippen molar-refractivity contribution in [3.63, 3.8) is 0 Å². The van der Waals surface area contributed by atoms with E-state index in [2.05, 4.69) is 15.4 Å². The fourth-order valence-electron chi connectivity index (χ4n) is 2.80. The highest BCUT2D eigenvalue weighted by Crippen LogP contribution is 2.20. The van der Waals surface area contributed by atoms with Gasteiger partial charge in [-0.25, -0.2) is 4.98 Å². The van der Waals surface area contributed by atoms with E-state index in [9.17, 15) is 14.7 Å². The number of hydrogen-bond donors (Lipinski definition) is 3. The summed E-state index contributed by atoms with van der Waals surface area (Å²) in [6.45, 7) is 5.89. The normalized spacial score (nSPS) is 12.6. The molecule has 23 heavy (non-hydrogen) atoms. The lowest BCUT2D eigenvalue weighted by Gasteiger charge is -2.13. The highest BCUT2D eigenvalue weighted by Gasteiger charge is 2.17. The van der Waals surface area contributed by atoms with Gasteiger partial charge in [0.2, 0.25) is 5.91 Å². The number of aliphatic hydroxyl groups excluding tert-OH is 1. The van der Waals surface area contributed by atoms with E-state index in [1.165, 1.54) is 0 Å². The Kier molecular flexibility index (Phi) is 5.20. The standard InChI is InChI=1S/C16H24N4O3/c1-5-6-11(21)8-17-13(22)7-12-9(2)14-15(18-10(12)3)20(4)19-16(14)23/h11,21H,5-8H2,1-4H3,(H,17,22)(H,19,23). The number of nitrogens with zero attached hydrogens (tertiary/aromatic N) is 2. The molecule has 0 aliphatic rings. The molecule has 1 unspecified atom stereocenters. The first-order valence-electron chi connectivity index (χ1n) is 7.84. The second-order valence-electron chi connectivity index (χ2n) is 5.92. The molecule has 2 aromatic rings. The highest BCUT2D eigenvalue weighted by molar-refractivity contribution is 5.84. The number of carbonyl (C=O) groups is 1. The van der Waals surface area contributed by atoms with E-state index in [4.69, 9.17) is 0 Å². The van der Waals surface area contributed by atoms with Gasteiger partial charge in [0.25, 0.3) is 5.56 Å². The smallest absolute Gasteiger partial charge is 0.273 e. The van der Waals surface area contributed by atoms with E-state index in [1.54, 1.807) is 11.7 Å². The molecule has 2 rings (SSSR count). The van der Waals surface area contributed by atoms with E-state index in [1.807, 2.05) is 20.8 Å². The van der Waals surface area contributed by atoms with Crippen LogP contribution in [-0.4, -0.2) is 38.4 Å². The van der Waals surface area contributed by atoms with Crippen molar-refractivity contribution in [2.75, 3.05) is 6.54 Å². The Bertz CT molecular complexity index is 776. The van der Waals surface area contributed by atoms with Gasteiger partial charge in [0.05, 0.1) is 17.9 Å². The molecule has 126 valence electrons. The summed E-state index contributed by atoms with van der Waals surface area (Å²) in [5.41, 5.74) is 2.66. The average Bonchev–Trinajstić information content (AvgIpc) is 2.76. The van der Waals surface area contributed by atoms with Crippen LogP contribution in [0.5, 0.6) is 0 Å². The Hall–Kier alpha value is -2.15. The molecule has 2 heterocycles. The number of rotatable bonds is 6. The summed E-state index contributed by atoms with van der Waals surface area (Å²) in [5.74, 6) is -0.181. The van der Waals surface area contributed by atoms with Crippen molar-refractivity contribution >= 4 is 16.9 Å². The predicted octanol–water partition coefficient (Wildman–Crippen LogP) is 0.698. The van der Waals surface area contributed by atoms with Gasteiger partial charge in [0.15, 0.2) is 5.65 Å². The lowest BCUT2D eigenvalue weighted by molar-refractivity contribution is -0.120. The maximum atomic E-state index is 12.1. The maximum absolute atomic E-state index is 12.1. The average molecular weight is 320 g/mol. The van der Waals surface area contributed by atoms with Crippen LogP contribution in [0, 0.1) is 13.8 Å². The number of H-pyrrole nitrogens is 1. The van der Waals surface area contributed by atoms with Crippen molar-refractivity contribution < 1.29 is 9.90 Å². The quantitative estimate of drug-likeness (QED) is 0.729. The molecule has 0 bridgehead atoms. The molecule has 1 amide bonds. The number of aryl methyl sites for hydroxylation is 3.